The van der Waals surface area contributed by atoms with E-state index in [1.54, 1.807) is 4.57 Å². The van der Waals surface area contributed by atoms with E-state index in [9.17, 15) is 4.79 Å². The number of aromatic nitrogens is 1. The number of primary amides is 1. The first kappa shape index (κ1) is 11.8. The SMILES string of the molecule is CC(C)(C)NCc1ccn(CC(N)=O)c1. The van der Waals surface area contributed by atoms with Crippen LogP contribution in [0.5, 0.6) is 0 Å². The van der Waals surface area contributed by atoms with Crippen molar-refractivity contribution in [3.05, 3.63) is 24.0 Å². The summed E-state index contributed by atoms with van der Waals surface area (Å²) >= 11 is 0. The van der Waals surface area contributed by atoms with Gasteiger partial charge < -0.3 is 15.6 Å². The van der Waals surface area contributed by atoms with Crippen molar-refractivity contribution in [2.24, 2.45) is 5.73 Å². The zero-order valence-corrected chi connectivity index (χ0v) is 9.58. The summed E-state index contributed by atoms with van der Waals surface area (Å²) in [5.41, 5.74) is 6.36. The van der Waals surface area contributed by atoms with Crippen molar-refractivity contribution < 1.29 is 4.79 Å². The molecule has 0 bridgehead atoms. The first-order valence-electron chi connectivity index (χ1n) is 5.05. The summed E-state index contributed by atoms with van der Waals surface area (Å²) < 4.78 is 1.79. The molecule has 0 spiro atoms. The van der Waals surface area contributed by atoms with E-state index in [0.717, 1.165) is 12.1 Å². The summed E-state index contributed by atoms with van der Waals surface area (Å²) in [6.45, 7) is 7.40. The van der Waals surface area contributed by atoms with Gasteiger partial charge in [0.25, 0.3) is 0 Å². The molecule has 4 heteroatoms. The zero-order chi connectivity index (χ0) is 11.5. The Balaban J connectivity index is 2.50. The van der Waals surface area contributed by atoms with Crippen molar-refractivity contribution >= 4 is 5.91 Å². The van der Waals surface area contributed by atoms with Gasteiger partial charge in [0.15, 0.2) is 0 Å². The number of carbonyl (C=O) groups is 1. The van der Waals surface area contributed by atoms with Crippen LogP contribution < -0.4 is 11.1 Å². The molecule has 0 unspecified atom stereocenters. The third kappa shape index (κ3) is 4.65. The third-order valence-corrected chi connectivity index (χ3v) is 1.97. The van der Waals surface area contributed by atoms with E-state index in [2.05, 4.69) is 26.1 Å². The van der Waals surface area contributed by atoms with E-state index in [1.165, 1.54) is 0 Å². The van der Waals surface area contributed by atoms with Crippen LogP contribution in [-0.2, 0) is 17.9 Å². The van der Waals surface area contributed by atoms with Crippen molar-refractivity contribution in [2.75, 3.05) is 0 Å². The summed E-state index contributed by atoms with van der Waals surface area (Å²) in [5.74, 6) is -0.319. The minimum atomic E-state index is -0.319. The average Bonchev–Trinajstić information content (AvgIpc) is 2.46. The second-order valence-electron chi connectivity index (χ2n) is 4.76. The van der Waals surface area contributed by atoms with Gasteiger partial charge in [0.05, 0.1) is 0 Å². The molecule has 0 radical (unpaired) electrons. The van der Waals surface area contributed by atoms with Gasteiger partial charge in [-0.05, 0) is 32.4 Å². The van der Waals surface area contributed by atoms with Crippen LogP contribution in [0.2, 0.25) is 0 Å². The van der Waals surface area contributed by atoms with Gasteiger partial charge >= 0.3 is 0 Å². The molecule has 15 heavy (non-hydrogen) atoms. The Labute approximate surface area is 90.5 Å². The highest BCUT2D eigenvalue weighted by Crippen LogP contribution is 2.05. The number of nitrogens with one attached hydrogen (secondary N) is 1. The van der Waals surface area contributed by atoms with E-state index in [4.69, 9.17) is 5.73 Å². The van der Waals surface area contributed by atoms with Crippen LogP contribution in [0.25, 0.3) is 0 Å². The number of amides is 1. The van der Waals surface area contributed by atoms with Gasteiger partial charge in [0.2, 0.25) is 5.91 Å². The Morgan fingerprint density at radius 2 is 2.20 bits per heavy atom. The quantitative estimate of drug-likeness (QED) is 0.772. The molecule has 1 aromatic rings. The number of hydrogen-bond donors (Lipinski definition) is 2. The normalized spacial score (nSPS) is 11.7. The molecule has 0 aliphatic carbocycles. The predicted molar refractivity (Wildman–Crippen MR) is 60.2 cm³/mol. The second-order valence-corrected chi connectivity index (χ2v) is 4.76. The number of nitrogens with two attached hydrogens (primary N) is 1. The van der Waals surface area contributed by atoms with Crippen LogP contribution in [0.15, 0.2) is 18.5 Å². The van der Waals surface area contributed by atoms with Crippen molar-refractivity contribution in [3.63, 3.8) is 0 Å². The summed E-state index contributed by atoms with van der Waals surface area (Å²) in [6.07, 6.45) is 3.80. The molecule has 84 valence electrons. The van der Waals surface area contributed by atoms with E-state index in [-0.39, 0.29) is 18.0 Å². The van der Waals surface area contributed by atoms with Gasteiger partial charge in [0.1, 0.15) is 6.54 Å². The molecule has 1 heterocycles. The fourth-order valence-corrected chi connectivity index (χ4v) is 1.24. The van der Waals surface area contributed by atoms with Crippen molar-refractivity contribution in [1.29, 1.82) is 0 Å². The lowest BCUT2D eigenvalue weighted by Crippen LogP contribution is -2.34. The highest BCUT2D eigenvalue weighted by Gasteiger charge is 2.08. The molecule has 1 rings (SSSR count). The van der Waals surface area contributed by atoms with Crippen LogP contribution in [-0.4, -0.2) is 16.0 Å². The van der Waals surface area contributed by atoms with Crippen molar-refractivity contribution in [2.45, 2.75) is 39.4 Å². The van der Waals surface area contributed by atoms with E-state index < -0.39 is 0 Å². The zero-order valence-electron chi connectivity index (χ0n) is 9.58. The van der Waals surface area contributed by atoms with E-state index in [1.807, 2.05) is 18.5 Å². The number of rotatable bonds is 4. The molecule has 0 aliphatic heterocycles. The van der Waals surface area contributed by atoms with Gasteiger partial charge in [-0.15, -0.1) is 0 Å². The van der Waals surface area contributed by atoms with Crippen LogP contribution in [0, 0.1) is 0 Å². The fraction of sp³-hybridized carbons (Fsp3) is 0.545. The number of hydrogen-bond acceptors (Lipinski definition) is 2. The standard InChI is InChI=1S/C11H19N3O/c1-11(2,3)13-6-9-4-5-14(7-9)8-10(12)15/h4-5,7,13H,6,8H2,1-3H3,(H2,12,15). The Hall–Kier alpha value is -1.29. The van der Waals surface area contributed by atoms with E-state index in [0.29, 0.717) is 0 Å². The lowest BCUT2D eigenvalue weighted by Gasteiger charge is -2.19. The van der Waals surface area contributed by atoms with Gasteiger partial charge in [-0.25, -0.2) is 0 Å². The molecule has 0 aromatic carbocycles. The summed E-state index contributed by atoms with van der Waals surface area (Å²) in [5, 5.41) is 3.38. The van der Waals surface area contributed by atoms with Crippen molar-refractivity contribution in [1.82, 2.24) is 9.88 Å². The Kier molecular flexibility index (Phi) is 3.52. The van der Waals surface area contributed by atoms with Gasteiger partial charge in [-0.2, -0.15) is 0 Å². The maximum atomic E-state index is 10.7. The van der Waals surface area contributed by atoms with E-state index >= 15 is 0 Å². The molecule has 0 atom stereocenters. The smallest absolute Gasteiger partial charge is 0.237 e. The first-order valence-corrected chi connectivity index (χ1v) is 5.05. The lowest BCUT2D eigenvalue weighted by atomic mass is 10.1. The Morgan fingerprint density at radius 3 is 2.73 bits per heavy atom. The van der Waals surface area contributed by atoms with Crippen LogP contribution in [0.1, 0.15) is 26.3 Å². The molecular formula is C11H19N3O. The van der Waals surface area contributed by atoms with Crippen LogP contribution in [0.4, 0.5) is 0 Å². The molecule has 0 aliphatic rings. The maximum absolute atomic E-state index is 10.7. The first-order chi connectivity index (χ1) is 6.87. The molecule has 4 nitrogen and oxygen atoms in total. The summed E-state index contributed by atoms with van der Waals surface area (Å²) in [4.78, 5) is 10.7. The number of carbonyl (C=O) groups excluding carboxylic acids is 1. The molecule has 0 fully saturated rings. The maximum Gasteiger partial charge on any atom is 0.237 e. The highest BCUT2D eigenvalue weighted by molar-refractivity contribution is 5.73. The van der Waals surface area contributed by atoms with Gasteiger partial charge in [-0.1, -0.05) is 0 Å². The fourth-order valence-electron chi connectivity index (χ4n) is 1.24. The third-order valence-electron chi connectivity index (χ3n) is 1.97. The molecule has 3 N–H and O–H groups in total. The highest BCUT2D eigenvalue weighted by atomic mass is 16.1. The van der Waals surface area contributed by atoms with Crippen molar-refractivity contribution in [3.8, 4) is 0 Å². The summed E-state index contributed by atoms with van der Waals surface area (Å²) in [7, 11) is 0. The molecule has 1 aromatic heterocycles. The van der Waals surface area contributed by atoms with Gasteiger partial charge in [-0.3, -0.25) is 4.79 Å². The number of nitrogens with zero attached hydrogens (tertiary/aromatic N) is 1. The Bertz CT molecular complexity index is 336. The molecular weight excluding hydrogens is 190 g/mol. The predicted octanol–water partition coefficient (Wildman–Crippen LogP) is 0.861. The minimum absolute atomic E-state index is 0.103. The second kappa shape index (κ2) is 4.49. The monoisotopic (exact) mass is 209 g/mol. The van der Waals surface area contributed by atoms with Crippen LogP contribution in [0.3, 0.4) is 0 Å². The minimum Gasteiger partial charge on any atom is -0.368 e. The van der Waals surface area contributed by atoms with Crippen LogP contribution >= 0.6 is 0 Å². The summed E-state index contributed by atoms with van der Waals surface area (Å²) in [6, 6.07) is 1.99. The lowest BCUT2D eigenvalue weighted by molar-refractivity contribution is -0.118. The topological polar surface area (TPSA) is 60.1 Å². The largest absolute Gasteiger partial charge is 0.368 e. The average molecular weight is 209 g/mol. The molecule has 0 saturated carbocycles. The molecule has 0 saturated heterocycles. The Morgan fingerprint density at radius 1 is 1.53 bits per heavy atom. The van der Waals surface area contributed by atoms with Gasteiger partial charge in [0, 0.05) is 24.5 Å². The molecule has 1 amide bonds.